The maximum Gasteiger partial charge on any atom is 0.421 e. The maximum absolute atomic E-state index is 12.2. The van der Waals surface area contributed by atoms with Gasteiger partial charge in [0.05, 0.1) is 6.10 Å². The van der Waals surface area contributed by atoms with Crippen LogP contribution >= 0.6 is 12.9 Å². The third-order valence-electron chi connectivity index (χ3n) is 4.23. The molecule has 2 rings (SSSR count). The van der Waals surface area contributed by atoms with Crippen LogP contribution in [0, 0.1) is 5.92 Å². The fraction of sp³-hybridized carbons (Fsp3) is 0.846. The van der Waals surface area contributed by atoms with Gasteiger partial charge < -0.3 is 19.1 Å². The Morgan fingerprint density at radius 2 is 1.60 bits per heavy atom. The van der Waals surface area contributed by atoms with Gasteiger partial charge in [-0.05, 0) is 31.6 Å². The van der Waals surface area contributed by atoms with Gasteiger partial charge in [-0.2, -0.15) is 0 Å². The standard InChI is InChI=1S/C13H22N2O4S/c16-11-3-7-14(8-4-11)12(17)9-10-1-5-15(6-2-10)13(18)19-20/h10-11,16,20H,1-9H2. The van der Waals surface area contributed by atoms with Crippen LogP contribution in [0.25, 0.3) is 0 Å². The van der Waals surface area contributed by atoms with Gasteiger partial charge in [0.15, 0.2) is 0 Å². The molecule has 20 heavy (non-hydrogen) atoms. The number of nitrogens with zero attached hydrogens (tertiary/aromatic N) is 2. The van der Waals surface area contributed by atoms with E-state index in [1.54, 1.807) is 4.90 Å². The van der Waals surface area contributed by atoms with Crippen LogP contribution in [-0.4, -0.2) is 59.2 Å². The summed E-state index contributed by atoms with van der Waals surface area (Å²) >= 11 is 3.51. The Kier molecular flexibility index (Phi) is 5.54. The summed E-state index contributed by atoms with van der Waals surface area (Å²) in [7, 11) is 0. The van der Waals surface area contributed by atoms with Crippen molar-refractivity contribution in [3.63, 3.8) is 0 Å². The largest absolute Gasteiger partial charge is 0.421 e. The lowest BCUT2D eigenvalue weighted by Gasteiger charge is -2.33. The lowest BCUT2D eigenvalue weighted by molar-refractivity contribution is -0.134. The number of carbonyl (C=O) groups excluding carboxylic acids is 2. The zero-order valence-corrected chi connectivity index (χ0v) is 12.4. The minimum Gasteiger partial charge on any atom is -0.393 e. The molecule has 0 aliphatic carbocycles. The molecule has 1 N–H and O–H groups in total. The summed E-state index contributed by atoms with van der Waals surface area (Å²) in [5, 5.41) is 9.44. The smallest absolute Gasteiger partial charge is 0.393 e. The molecule has 0 unspecified atom stereocenters. The van der Waals surface area contributed by atoms with Gasteiger partial charge in [0.25, 0.3) is 0 Å². The molecule has 0 radical (unpaired) electrons. The molecule has 0 atom stereocenters. The van der Waals surface area contributed by atoms with E-state index in [1.807, 2.05) is 4.90 Å². The molecule has 2 aliphatic heterocycles. The number of amides is 2. The van der Waals surface area contributed by atoms with Gasteiger partial charge in [-0.25, -0.2) is 4.79 Å². The molecule has 2 heterocycles. The van der Waals surface area contributed by atoms with Crippen molar-refractivity contribution in [2.24, 2.45) is 5.92 Å². The number of aliphatic hydroxyl groups excluding tert-OH is 1. The second-order valence-corrected chi connectivity index (χ2v) is 5.79. The topological polar surface area (TPSA) is 70.1 Å². The van der Waals surface area contributed by atoms with E-state index in [0.717, 1.165) is 12.8 Å². The van der Waals surface area contributed by atoms with E-state index in [1.165, 1.54) is 0 Å². The first kappa shape index (κ1) is 15.4. The SMILES string of the molecule is O=C(CC1CCN(C(=O)OS)CC1)N1CCC(O)CC1. The summed E-state index contributed by atoms with van der Waals surface area (Å²) in [6.45, 7) is 2.56. The van der Waals surface area contributed by atoms with Crippen molar-refractivity contribution in [1.29, 1.82) is 0 Å². The Balaban J connectivity index is 1.72. The molecule has 0 aromatic carbocycles. The van der Waals surface area contributed by atoms with Crippen LogP contribution in [0.4, 0.5) is 4.79 Å². The van der Waals surface area contributed by atoms with Crippen LogP contribution in [0.1, 0.15) is 32.1 Å². The number of hydrogen-bond donors (Lipinski definition) is 2. The van der Waals surface area contributed by atoms with Gasteiger partial charge in [0.1, 0.15) is 0 Å². The number of carbonyl (C=O) groups is 2. The fourth-order valence-corrected chi connectivity index (χ4v) is 2.98. The molecule has 2 amide bonds. The summed E-state index contributed by atoms with van der Waals surface area (Å²) in [5.74, 6) is 0.505. The van der Waals surface area contributed by atoms with Crippen molar-refractivity contribution in [3.8, 4) is 0 Å². The summed E-state index contributed by atoms with van der Waals surface area (Å²) in [6, 6.07) is 0. The Labute approximate surface area is 124 Å². The molecule has 6 nitrogen and oxygen atoms in total. The van der Waals surface area contributed by atoms with E-state index in [2.05, 4.69) is 17.1 Å². The van der Waals surface area contributed by atoms with Crippen LogP contribution in [0.3, 0.4) is 0 Å². The van der Waals surface area contributed by atoms with Crippen molar-refractivity contribution in [1.82, 2.24) is 9.80 Å². The number of rotatable bonds is 2. The van der Waals surface area contributed by atoms with E-state index in [-0.39, 0.29) is 12.0 Å². The number of hydrogen-bond acceptors (Lipinski definition) is 5. The highest BCUT2D eigenvalue weighted by Gasteiger charge is 2.27. The van der Waals surface area contributed by atoms with E-state index in [0.29, 0.717) is 51.4 Å². The third kappa shape index (κ3) is 4.02. The maximum atomic E-state index is 12.2. The summed E-state index contributed by atoms with van der Waals surface area (Å²) < 4.78 is 4.39. The van der Waals surface area contributed by atoms with Gasteiger partial charge >= 0.3 is 6.09 Å². The minimum absolute atomic E-state index is 0.173. The monoisotopic (exact) mass is 302 g/mol. The zero-order chi connectivity index (χ0) is 14.5. The van der Waals surface area contributed by atoms with E-state index in [9.17, 15) is 14.7 Å². The molecule has 0 spiro atoms. The molecule has 2 fully saturated rings. The van der Waals surface area contributed by atoms with Gasteiger partial charge in [0, 0.05) is 45.5 Å². The predicted molar refractivity (Wildman–Crippen MR) is 76.2 cm³/mol. The molecule has 2 saturated heterocycles. The molecular formula is C13H22N2O4S. The van der Waals surface area contributed by atoms with Crippen LogP contribution in [0.15, 0.2) is 0 Å². The Bertz CT molecular complexity index is 350. The highest BCUT2D eigenvalue weighted by Crippen LogP contribution is 2.23. The minimum atomic E-state index is -0.414. The third-order valence-corrected chi connectivity index (χ3v) is 4.39. The molecule has 0 bridgehead atoms. The second-order valence-electron chi connectivity index (χ2n) is 5.60. The second kappa shape index (κ2) is 7.17. The Morgan fingerprint density at radius 1 is 1.05 bits per heavy atom. The average molecular weight is 302 g/mol. The van der Waals surface area contributed by atoms with Crippen LogP contribution in [0.2, 0.25) is 0 Å². The van der Waals surface area contributed by atoms with E-state index >= 15 is 0 Å². The molecule has 0 aromatic rings. The van der Waals surface area contributed by atoms with Crippen molar-refractivity contribution >= 4 is 24.9 Å². The summed E-state index contributed by atoms with van der Waals surface area (Å²) in [4.78, 5) is 26.9. The number of likely N-dealkylation sites (tertiary alicyclic amines) is 2. The quantitative estimate of drug-likeness (QED) is 0.591. The summed E-state index contributed by atoms with van der Waals surface area (Å²) in [6.07, 6.45) is 2.88. The van der Waals surface area contributed by atoms with E-state index in [4.69, 9.17) is 0 Å². The first-order valence-electron chi connectivity index (χ1n) is 7.16. The number of aliphatic hydroxyl groups is 1. The summed E-state index contributed by atoms with van der Waals surface area (Å²) in [5.41, 5.74) is 0. The molecular weight excluding hydrogens is 280 g/mol. The molecule has 7 heteroatoms. The molecule has 0 aromatic heterocycles. The van der Waals surface area contributed by atoms with Crippen LogP contribution in [0.5, 0.6) is 0 Å². The van der Waals surface area contributed by atoms with Gasteiger partial charge in [0.2, 0.25) is 5.91 Å². The fourth-order valence-electron chi connectivity index (χ4n) is 2.87. The first-order valence-corrected chi connectivity index (χ1v) is 7.53. The molecule has 2 aliphatic rings. The van der Waals surface area contributed by atoms with E-state index < -0.39 is 6.09 Å². The zero-order valence-electron chi connectivity index (χ0n) is 11.5. The molecule has 0 saturated carbocycles. The predicted octanol–water partition coefficient (Wildman–Crippen LogP) is 1.05. The van der Waals surface area contributed by atoms with Gasteiger partial charge in [-0.15, -0.1) is 0 Å². The molecule has 114 valence electrons. The lowest BCUT2D eigenvalue weighted by Crippen LogP contribution is -2.42. The van der Waals surface area contributed by atoms with Gasteiger partial charge in [-0.1, -0.05) is 0 Å². The van der Waals surface area contributed by atoms with Gasteiger partial charge in [-0.3, -0.25) is 4.79 Å². The number of piperidine rings is 2. The average Bonchev–Trinajstić information content (AvgIpc) is 2.48. The van der Waals surface area contributed by atoms with Crippen LogP contribution < -0.4 is 0 Å². The number of thiol groups is 1. The van der Waals surface area contributed by atoms with Crippen molar-refractivity contribution in [2.45, 2.75) is 38.2 Å². The van der Waals surface area contributed by atoms with Crippen molar-refractivity contribution in [2.75, 3.05) is 26.2 Å². The Morgan fingerprint density at radius 3 is 2.15 bits per heavy atom. The normalized spacial score (nSPS) is 21.9. The highest BCUT2D eigenvalue weighted by atomic mass is 32.1. The first-order chi connectivity index (χ1) is 9.60. The lowest BCUT2D eigenvalue weighted by atomic mass is 9.92. The highest BCUT2D eigenvalue weighted by molar-refractivity contribution is 7.75. The van der Waals surface area contributed by atoms with Crippen molar-refractivity contribution < 1.29 is 18.9 Å². The Hall–Kier alpha value is -0.950. The van der Waals surface area contributed by atoms with Crippen LogP contribution in [-0.2, 0) is 8.98 Å². The van der Waals surface area contributed by atoms with Crippen molar-refractivity contribution in [3.05, 3.63) is 0 Å².